The fraction of sp³-hybridized carbons (Fsp3) is 0.750. The molecule has 4 heteroatoms. The third-order valence-electron chi connectivity index (χ3n) is 2.14. The molecule has 1 fully saturated rings. The van der Waals surface area contributed by atoms with Crippen LogP contribution in [0.15, 0.2) is 0 Å². The van der Waals surface area contributed by atoms with Gasteiger partial charge in [-0.05, 0) is 18.8 Å². The monoisotopic (exact) mass is 171 g/mol. The van der Waals surface area contributed by atoms with Crippen LogP contribution in [-0.2, 0) is 9.59 Å². The summed E-state index contributed by atoms with van der Waals surface area (Å²) in [7, 11) is 0. The molecule has 0 bridgehead atoms. The molecule has 1 amide bonds. The minimum Gasteiger partial charge on any atom is -0.480 e. The van der Waals surface area contributed by atoms with Crippen molar-refractivity contribution in [1.82, 2.24) is 5.32 Å². The van der Waals surface area contributed by atoms with E-state index >= 15 is 0 Å². The smallest absolute Gasteiger partial charge is 0.322 e. The molecule has 12 heavy (non-hydrogen) atoms. The van der Waals surface area contributed by atoms with Crippen LogP contribution in [0.25, 0.3) is 0 Å². The van der Waals surface area contributed by atoms with Crippen LogP contribution < -0.4 is 5.32 Å². The van der Waals surface area contributed by atoms with Crippen molar-refractivity contribution in [3.8, 4) is 0 Å². The van der Waals surface area contributed by atoms with Gasteiger partial charge in [0.05, 0.1) is 0 Å². The molecule has 0 saturated heterocycles. The summed E-state index contributed by atoms with van der Waals surface area (Å²) in [5.41, 5.74) is 0. The van der Waals surface area contributed by atoms with Gasteiger partial charge in [-0.25, -0.2) is 0 Å². The lowest BCUT2D eigenvalue weighted by Crippen LogP contribution is -2.31. The molecule has 0 atom stereocenters. The number of carbonyl (C=O) groups is 2. The fourth-order valence-electron chi connectivity index (χ4n) is 1.21. The molecule has 0 aromatic carbocycles. The molecule has 2 N–H and O–H groups in total. The van der Waals surface area contributed by atoms with Gasteiger partial charge in [0.25, 0.3) is 0 Å². The zero-order valence-electron chi connectivity index (χ0n) is 6.88. The normalized spacial score (nSPS) is 16.7. The maximum absolute atomic E-state index is 11.0. The van der Waals surface area contributed by atoms with Crippen molar-refractivity contribution < 1.29 is 14.7 Å². The van der Waals surface area contributed by atoms with E-state index in [1.165, 1.54) is 6.42 Å². The van der Waals surface area contributed by atoms with Crippen molar-refractivity contribution in [3.63, 3.8) is 0 Å². The van der Waals surface area contributed by atoms with E-state index in [-0.39, 0.29) is 12.5 Å². The quantitative estimate of drug-likeness (QED) is 0.642. The molecule has 4 nitrogen and oxygen atoms in total. The summed E-state index contributed by atoms with van der Waals surface area (Å²) in [6, 6.07) is 0. The highest BCUT2D eigenvalue weighted by Crippen LogP contribution is 2.28. The van der Waals surface area contributed by atoms with Crippen LogP contribution in [-0.4, -0.2) is 23.5 Å². The lowest BCUT2D eigenvalue weighted by Gasteiger charge is -2.24. The van der Waals surface area contributed by atoms with Crippen LogP contribution in [0.1, 0.15) is 25.7 Å². The third kappa shape index (κ3) is 2.90. The van der Waals surface area contributed by atoms with Gasteiger partial charge in [0, 0.05) is 6.42 Å². The van der Waals surface area contributed by atoms with Crippen LogP contribution in [0.2, 0.25) is 0 Å². The van der Waals surface area contributed by atoms with Crippen LogP contribution in [0, 0.1) is 5.92 Å². The van der Waals surface area contributed by atoms with Gasteiger partial charge in [-0.1, -0.05) is 6.42 Å². The maximum atomic E-state index is 11.0. The predicted molar refractivity (Wildman–Crippen MR) is 42.6 cm³/mol. The number of rotatable bonds is 4. The Balaban J connectivity index is 2.06. The van der Waals surface area contributed by atoms with Crippen molar-refractivity contribution in [2.75, 3.05) is 6.54 Å². The van der Waals surface area contributed by atoms with E-state index in [0.29, 0.717) is 12.3 Å². The first-order valence-electron chi connectivity index (χ1n) is 4.17. The van der Waals surface area contributed by atoms with Crippen LogP contribution in [0.3, 0.4) is 0 Å². The second-order valence-electron chi connectivity index (χ2n) is 3.17. The van der Waals surface area contributed by atoms with Crippen molar-refractivity contribution in [3.05, 3.63) is 0 Å². The molecule has 1 aliphatic rings. The Morgan fingerprint density at radius 1 is 1.42 bits per heavy atom. The van der Waals surface area contributed by atoms with E-state index in [9.17, 15) is 9.59 Å². The summed E-state index contributed by atoms with van der Waals surface area (Å²) in [6.45, 7) is -0.258. The Bertz CT molecular complexity index is 187. The van der Waals surface area contributed by atoms with Gasteiger partial charge in [0.1, 0.15) is 6.54 Å². The third-order valence-corrected chi connectivity index (χ3v) is 2.14. The van der Waals surface area contributed by atoms with E-state index in [4.69, 9.17) is 5.11 Å². The molecule has 0 radical (unpaired) electrons. The number of carboxylic acids is 1. The number of hydrogen-bond donors (Lipinski definition) is 2. The summed E-state index contributed by atoms with van der Waals surface area (Å²) >= 11 is 0. The highest BCUT2D eigenvalue weighted by Gasteiger charge is 2.20. The van der Waals surface area contributed by atoms with E-state index < -0.39 is 5.97 Å². The minimum absolute atomic E-state index is 0.137. The molecule has 1 saturated carbocycles. The number of aliphatic carboxylic acids is 1. The lowest BCUT2D eigenvalue weighted by molar-refractivity contribution is -0.138. The second kappa shape index (κ2) is 4.09. The van der Waals surface area contributed by atoms with E-state index in [0.717, 1.165) is 12.8 Å². The first kappa shape index (κ1) is 9.03. The molecule has 0 unspecified atom stereocenters. The van der Waals surface area contributed by atoms with E-state index in [2.05, 4.69) is 5.32 Å². The Morgan fingerprint density at radius 2 is 2.08 bits per heavy atom. The zero-order chi connectivity index (χ0) is 8.97. The summed E-state index contributed by atoms with van der Waals surface area (Å²) in [5.74, 6) is -0.627. The predicted octanol–water partition coefficient (Wildman–Crippen LogP) is 0.377. The van der Waals surface area contributed by atoms with E-state index in [1.54, 1.807) is 0 Å². The van der Waals surface area contributed by atoms with Gasteiger partial charge in [0.15, 0.2) is 0 Å². The van der Waals surface area contributed by atoms with Gasteiger partial charge >= 0.3 is 5.97 Å². The number of carbonyl (C=O) groups excluding carboxylic acids is 1. The average Bonchev–Trinajstić information content (AvgIpc) is 1.93. The molecule has 0 aromatic heterocycles. The molecule has 0 spiro atoms. The fourth-order valence-corrected chi connectivity index (χ4v) is 1.21. The lowest BCUT2D eigenvalue weighted by atomic mass is 9.83. The molecule has 1 rings (SSSR count). The summed E-state index contributed by atoms with van der Waals surface area (Å²) in [5, 5.41) is 10.6. The molecule has 0 heterocycles. The molecule has 1 aliphatic carbocycles. The second-order valence-corrected chi connectivity index (χ2v) is 3.17. The van der Waals surface area contributed by atoms with Crippen LogP contribution in [0.4, 0.5) is 0 Å². The van der Waals surface area contributed by atoms with Crippen LogP contribution in [0.5, 0.6) is 0 Å². The van der Waals surface area contributed by atoms with Crippen molar-refractivity contribution >= 4 is 11.9 Å². The average molecular weight is 171 g/mol. The maximum Gasteiger partial charge on any atom is 0.322 e. The Hall–Kier alpha value is -1.06. The van der Waals surface area contributed by atoms with Gasteiger partial charge in [0.2, 0.25) is 5.91 Å². The van der Waals surface area contributed by atoms with Gasteiger partial charge < -0.3 is 10.4 Å². The largest absolute Gasteiger partial charge is 0.480 e. The van der Waals surface area contributed by atoms with Crippen LogP contribution >= 0.6 is 0 Å². The molecule has 0 aromatic rings. The number of amides is 1. The Labute approximate surface area is 71.0 Å². The van der Waals surface area contributed by atoms with Gasteiger partial charge in [-0.3, -0.25) is 9.59 Å². The zero-order valence-corrected chi connectivity index (χ0v) is 6.88. The topological polar surface area (TPSA) is 66.4 Å². The highest BCUT2D eigenvalue weighted by molar-refractivity contribution is 5.81. The SMILES string of the molecule is O=C(O)CNC(=O)CC1CCC1. The van der Waals surface area contributed by atoms with Crippen molar-refractivity contribution in [1.29, 1.82) is 0 Å². The number of hydrogen-bond acceptors (Lipinski definition) is 2. The van der Waals surface area contributed by atoms with Crippen molar-refractivity contribution in [2.24, 2.45) is 5.92 Å². The van der Waals surface area contributed by atoms with Gasteiger partial charge in [-0.2, -0.15) is 0 Å². The number of nitrogens with one attached hydrogen (secondary N) is 1. The highest BCUT2D eigenvalue weighted by atomic mass is 16.4. The first-order valence-corrected chi connectivity index (χ1v) is 4.17. The Morgan fingerprint density at radius 3 is 2.50 bits per heavy atom. The summed E-state index contributed by atoms with van der Waals surface area (Å²) < 4.78 is 0. The first-order chi connectivity index (χ1) is 5.68. The molecular weight excluding hydrogens is 158 g/mol. The van der Waals surface area contributed by atoms with Crippen molar-refractivity contribution in [2.45, 2.75) is 25.7 Å². The summed E-state index contributed by atoms with van der Waals surface area (Å²) in [4.78, 5) is 21.0. The minimum atomic E-state index is -0.989. The molecular formula is C8H13NO3. The van der Waals surface area contributed by atoms with Gasteiger partial charge in [-0.15, -0.1) is 0 Å². The Kier molecular flexibility index (Phi) is 3.08. The standard InChI is InChI=1S/C8H13NO3/c10-7(9-5-8(11)12)4-6-2-1-3-6/h6H,1-5H2,(H,9,10)(H,11,12). The molecule has 0 aliphatic heterocycles. The summed E-state index contributed by atoms with van der Waals surface area (Å²) in [6.07, 6.45) is 3.92. The number of carboxylic acid groups (broad SMARTS) is 1. The van der Waals surface area contributed by atoms with E-state index in [1.807, 2.05) is 0 Å². The molecule has 68 valence electrons.